The number of hydrogen-bond donors (Lipinski definition) is 2. The zero-order valence-corrected chi connectivity index (χ0v) is 15.9. The number of anilines is 2. The normalized spacial score (nSPS) is 10.8. The van der Waals surface area contributed by atoms with Gasteiger partial charge in [-0.1, -0.05) is 23.2 Å². The van der Waals surface area contributed by atoms with Crippen molar-refractivity contribution in [2.24, 2.45) is 0 Å². The molecule has 0 aliphatic rings. The van der Waals surface area contributed by atoms with E-state index in [1.807, 2.05) is 14.1 Å². The van der Waals surface area contributed by atoms with Crippen molar-refractivity contribution in [3.05, 3.63) is 45.7 Å². The summed E-state index contributed by atoms with van der Waals surface area (Å²) in [5.74, 6) is 0.0807. The molecule has 1 aromatic heterocycles. The van der Waals surface area contributed by atoms with Crippen molar-refractivity contribution in [1.82, 2.24) is 20.2 Å². The number of aryl methyl sites for hydroxylation is 1. The molecule has 0 saturated carbocycles. The van der Waals surface area contributed by atoms with Gasteiger partial charge in [0.2, 0.25) is 5.95 Å². The fourth-order valence-electron chi connectivity index (χ4n) is 2.14. The molecule has 2 aromatic rings. The molecule has 0 unspecified atom stereocenters. The SMILES string of the molecule is Cc1cc(C(=O)NCCCN(C)C)nc(Nc2ccc(Cl)cc2Cl)n1. The molecule has 0 fully saturated rings. The molecular formula is C17H21Cl2N5O. The Morgan fingerprint density at radius 3 is 2.64 bits per heavy atom. The number of halogens is 2. The fourth-order valence-corrected chi connectivity index (χ4v) is 2.60. The van der Waals surface area contributed by atoms with Crippen molar-refractivity contribution in [3.63, 3.8) is 0 Å². The van der Waals surface area contributed by atoms with Gasteiger partial charge in [-0.3, -0.25) is 4.79 Å². The second-order valence-corrected chi connectivity index (χ2v) is 6.72. The number of carbonyl (C=O) groups is 1. The highest BCUT2D eigenvalue weighted by atomic mass is 35.5. The van der Waals surface area contributed by atoms with E-state index in [0.717, 1.165) is 13.0 Å². The predicted octanol–water partition coefficient (Wildman–Crippen LogP) is 3.52. The van der Waals surface area contributed by atoms with E-state index in [2.05, 4.69) is 25.5 Å². The number of benzene rings is 1. The van der Waals surface area contributed by atoms with Crippen LogP contribution in [-0.2, 0) is 0 Å². The second kappa shape index (κ2) is 8.99. The van der Waals surface area contributed by atoms with Crippen molar-refractivity contribution in [3.8, 4) is 0 Å². The lowest BCUT2D eigenvalue weighted by Gasteiger charge is -2.11. The maximum Gasteiger partial charge on any atom is 0.270 e. The van der Waals surface area contributed by atoms with Gasteiger partial charge in [-0.2, -0.15) is 0 Å². The van der Waals surface area contributed by atoms with Crippen molar-refractivity contribution >= 4 is 40.7 Å². The Morgan fingerprint density at radius 2 is 1.96 bits per heavy atom. The summed E-state index contributed by atoms with van der Waals surface area (Å²) in [6, 6.07) is 6.72. The van der Waals surface area contributed by atoms with Crippen molar-refractivity contribution in [2.75, 3.05) is 32.5 Å². The lowest BCUT2D eigenvalue weighted by atomic mass is 10.3. The molecule has 134 valence electrons. The van der Waals surface area contributed by atoms with E-state index < -0.39 is 0 Å². The first-order chi connectivity index (χ1) is 11.8. The van der Waals surface area contributed by atoms with E-state index in [4.69, 9.17) is 23.2 Å². The van der Waals surface area contributed by atoms with Crippen LogP contribution in [0.25, 0.3) is 0 Å². The predicted molar refractivity (Wildman–Crippen MR) is 102 cm³/mol. The summed E-state index contributed by atoms with van der Waals surface area (Å²) in [6.07, 6.45) is 0.869. The number of amides is 1. The first-order valence-corrected chi connectivity index (χ1v) is 8.61. The first-order valence-electron chi connectivity index (χ1n) is 7.86. The molecule has 6 nitrogen and oxygen atoms in total. The van der Waals surface area contributed by atoms with Crippen molar-refractivity contribution in [1.29, 1.82) is 0 Å². The highest BCUT2D eigenvalue weighted by Crippen LogP contribution is 2.27. The van der Waals surface area contributed by atoms with Crippen LogP contribution in [0.15, 0.2) is 24.3 Å². The maximum atomic E-state index is 12.3. The molecule has 0 aliphatic heterocycles. The molecule has 0 saturated heterocycles. The van der Waals surface area contributed by atoms with E-state index in [0.29, 0.717) is 39.6 Å². The van der Waals surface area contributed by atoms with E-state index >= 15 is 0 Å². The molecule has 1 amide bonds. The smallest absolute Gasteiger partial charge is 0.270 e. The Balaban J connectivity index is 2.07. The minimum atomic E-state index is -0.227. The average molecular weight is 382 g/mol. The summed E-state index contributed by atoms with van der Waals surface area (Å²) in [5.41, 5.74) is 1.61. The zero-order valence-electron chi connectivity index (χ0n) is 14.4. The van der Waals surface area contributed by atoms with Crippen LogP contribution in [0.2, 0.25) is 10.0 Å². The molecule has 2 N–H and O–H groups in total. The van der Waals surface area contributed by atoms with Crippen molar-refractivity contribution in [2.45, 2.75) is 13.3 Å². The van der Waals surface area contributed by atoms with Gasteiger partial charge in [0.1, 0.15) is 5.69 Å². The number of nitrogens with zero attached hydrogens (tertiary/aromatic N) is 3. The third kappa shape index (κ3) is 6.16. The molecule has 25 heavy (non-hydrogen) atoms. The van der Waals surface area contributed by atoms with Crippen LogP contribution in [-0.4, -0.2) is 48.0 Å². The van der Waals surface area contributed by atoms with Gasteiger partial charge in [-0.25, -0.2) is 9.97 Å². The lowest BCUT2D eigenvalue weighted by Crippen LogP contribution is -2.28. The molecule has 0 spiro atoms. The van der Waals surface area contributed by atoms with Crippen LogP contribution >= 0.6 is 23.2 Å². The Bertz CT molecular complexity index is 752. The van der Waals surface area contributed by atoms with Crippen LogP contribution < -0.4 is 10.6 Å². The summed E-state index contributed by atoms with van der Waals surface area (Å²) in [4.78, 5) is 22.9. The third-order valence-electron chi connectivity index (χ3n) is 3.33. The number of nitrogens with one attached hydrogen (secondary N) is 2. The van der Waals surface area contributed by atoms with Gasteiger partial charge >= 0.3 is 0 Å². The van der Waals surface area contributed by atoms with Gasteiger partial charge in [0.25, 0.3) is 5.91 Å². The van der Waals surface area contributed by atoms with Crippen LogP contribution in [0.1, 0.15) is 22.6 Å². The topological polar surface area (TPSA) is 70.2 Å². The van der Waals surface area contributed by atoms with Crippen LogP contribution in [0, 0.1) is 6.92 Å². The third-order valence-corrected chi connectivity index (χ3v) is 3.88. The summed E-state index contributed by atoms with van der Waals surface area (Å²) in [5, 5.41) is 6.87. The standard InChI is InChI=1S/C17H21Cl2N5O/c1-11-9-15(16(25)20-7-4-8-24(2)3)23-17(21-11)22-14-6-5-12(18)10-13(14)19/h5-6,9-10H,4,7-8H2,1-3H3,(H,20,25)(H,21,22,23). The number of rotatable bonds is 7. The van der Waals surface area contributed by atoms with Crippen LogP contribution in [0.4, 0.5) is 11.6 Å². The molecule has 1 aromatic carbocycles. The van der Waals surface area contributed by atoms with Gasteiger partial charge in [-0.05, 0) is 58.3 Å². The molecule has 1 heterocycles. The first kappa shape index (κ1) is 19.4. The van der Waals surface area contributed by atoms with Crippen LogP contribution in [0.3, 0.4) is 0 Å². The highest BCUT2D eigenvalue weighted by molar-refractivity contribution is 6.36. The zero-order chi connectivity index (χ0) is 18.4. The molecule has 0 bridgehead atoms. The fraction of sp³-hybridized carbons (Fsp3) is 0.353. The van der Waals surface area contributed by atoms with Gasteiger partial charge in [-0.15, -0.1) is 0 Å². The molecule has 0 atom stereocenters. The molecule has 2 rings (SSSR count). The van der Waals surface area contributed by atoms with E-state index in [1.165, 1.54) is 0 Å². The Kier molecular flexibility index (Phi) is 6.99. The summed E-state index contributed by atoms with van der Waals surface area (Å²) in [6.45, 7) is 3.30. The van der Waals surface area contributed by atoms with Gasteiger partial charge in [0.15, 0.2) is 0 Å². The number of aromatic nitrogens is 2. The average Bonchev–Trinajstić information content (AvgIpc) is 2.53. The molecule has 8 heteroatoms. The monoisotopic (exact) mass is 381 g/mol. The summed E-state index contributed by atoms with van der Waals surface area (Å²) >= 11 is 12.0. The lowest BCUT2D eigenvalue weighted by molar-refractivity contribution is 0.0947. The minimum absolute atomic E-state index is 0.227. The van der Waals surface area contributed by atoms with Gasteiger partial charge in [0, 0.05) is 17.3 Å². The van der Waals surface area contributed by atoms with E-state index in [1.54, 1.807) is 31.2 Å². The molecular weight excluding hydrogens is 361 g/mol. The van der Waals surface area contributed by atoms with Gasteiger partial charge < -0.3 is 15.5 Å². The Hall–Kier alpha value is -1.89. The maximum absolute atomic E-state index is 12.3. The number of hydrogen-bond acceptors (Lipinski definition) is 5. The highest BCUT2D eigenvalue weighted by Gasteiger charge is 2.11. The van der Waals surface area contributed by atoms with Crippen LogP contribution in [0.5, 0.6) is 0 Å². The largest absolute Gasteiger partial charge is 0.351 e. The summed E-state index contributed by atoms with van der Waals surface area (Å²) in [7, 11) is 3.99. The van der Waals surface area contributed by atoms with E-state index in [9.17, 15) is 4.79 Å². The summed E-state index contributed by atoms with van der Waals surface area (Å²) < 4.78 is 0. The second-order valence-electron chi connectivity index (χ2n) is 5.88. The Labute approximate surface area is 157 Å². The Morgan fingerprint density at radius 1 is 1.20 bits per heavy atom. The molecule has 0 radical (unpaired) electrons. The van der Waals surface area contributed by atoms with Crippen molar-refractivity contribution < 1.29 is 4.79 Å². The number of carbonyl (C=O) groups excluding carboxylic acids is 1. The van der Waals surface area contributed by atoms with Gasteiger partial charge in [0.05, 0.1) is 10.7 Å². The van der Waals surface area contributed by atoms with E-state index in [-0.39, 0.29) is 5.91 Å². The quantitative estimate of drug-likeness (QED) is 0.718. The molecule has 0 aliphatic carbocycles. The minimum Gasteiger partial charge on any atom is -0.351 e.